The van der Waals surface area contributed by atoms with Gasteiger partial charge >= 0.3 is 0 Å². The predicted octanol–water partition coefficient (Wildman–Crippen LogP) is 2.74. The molecule has 1 heterocycles. The molecule has 0 bridgehead atoms. The second-order valence-electron chi connectivity index (χ2n) is 4.24. The summed E-state index contributed by atoms with van der Waals surface area (Å²) in [6.45, 7) is 1.81. The van der Waals surface area contributed by atoms with E-state index in [1.54, 1.807) is 0 Å². The fraction of sp³-hybridized carbons (Fsp3) is 0.385. The lowest BCUT2D eigenvalue weighted by molar-refractivity contribution is -0.111. The van der Waals surface area contributed by atoms with E-state index in [-0.39, 0.29) is 5.92 Å². The molecule has 1 aliphatic rings. The smallest absolute Gasteiger partial charge is 0.123 e. The highest BCUT2D eigenvalue weighted by molar-refractivity contribution is 9.10. The van der Waals surface area contributed by atoms with E-state index >= 15 is 0 Å². The Labute approximate surface area is 109 Å². The normalized spacial score (nSPS) is 16.6. The summed E-state index contributed by atoms with van der Waals surface area (Å²) in [5.74, 6) is 0.216. The average Bonchev–Trinajstić information content (AvgIpc) is 2.39. The molecule has 1 aromatic rings. The number of anilines is 1. The maximum Gasteiger partial charge on any atom is 0.123 e. The predicted molar refractivity (Wildman–Crippen MR) is 69.9 cm³/mol. The maximum atomic E-state index is 10.7. The molecule has 0 saturated carbocycles. The second-order valence-corrected chi connectivity index (χ2v) is 5.09. The number of piperidine rings is 1. The van der Waals surface area contributed by atoms with E-state index in [0.717, 1.165) is 42.4 Å². The molecule has 0 amide bonds. The molecule has 0 spiro atoms. The van der Waals surface area contributed by atoms with Crippen molar-refractivity contribution in [1.29, 1.82) is 5.26 Å². The minimum Gasteiger partial charge on any atom is -0.371 e. The monoisotopic (exact) mass is 292 g/mol. The molecule has 0 aliphatic carbocycles. The van der Waals surface area contributed by atoms with Crippen LogP contribution in [0.1, 0.15) is 18.4 Å². The number of hydrogen-bond acceptors (Lipinski definition) is 3. The first-order valence-corrected chi connectivity index (χ1v) is 6.44. The van der Waals surface area contributed by atoms with Crippen molar-refractivity contribution in [2.24, 2.45) is 5.92 Å². The van der Waals surface area contributed by atoms with Crippen molar-refractivity contribution in [3.8, 4) is 6.07 Å². The molecular formula is C13H13BrN2O. The van der Waals surface area contributed by atoms with Crippen LogP contribution in [0.15, 0.2) is 22.7 Å². The standard InChI is InChI=1S/C13H13BrN2O/c14-13-7-12(2-1-11(13)8-15)16-5-3-10(9-17)4-6-16/h1-2,7,9-10H,3-6H2. The van der Waals surface area contributed by atoms with E-state index in [4.69, 9.17) is 5.26 Å². The number of rotatable bonds is 2. The zero-order valence-electron chi connectivity index (χ0n) is 9.40. The number of halogens is 1. The van der Waals surface area contributed by atoms with Crippen molar-refractivity contribution >= 4 is 27.9 Å². The Bertz CT molecular complexity index is 459. The third-order valence-electron chi connectivity index (χ3n) is 3.17. The molecule has 2 rings (SSSR count). The first kappa shape index (κ1) is 12.1. The summed E-state index contributed by atoms with van der Waals surface area (Å²) in [6, 6.07) is 7.89. The maximum absolute atomic E-state index is 10.7. The summed E-state index contributed by atoms with van der Waals surface area (Å²) in [6.07, 6.45) is 2.90. The Morgan fingerprint density at radius 3 is 2.65 bits per heavy atom. The minimum atomic E-state index is 0.216. The van der Waals surface area contributed by atoms with Gasteiger partial charge in [-0.3, -0.25) is 0 Å². The molecule has 17 heavy (non-hydrogen) atoms. The first-order valence-electron chi connectivity index (χ1n) is 5.64. The van der Waals surface area contributed by atoms with Gasteiger partial charge in [-0.25, -0.2) is 0 Å². The summed E-state index contributed by atoms with van der Waals surface area (Å²) >= 11 is 3.39. The Kier molecular flexibility index (Phi) is 3.80. The topological polar surface area (TPSA) is 44.1 Å². The average molecular weight is 293 g/mol. The molecule has 3 nitrogen and oxygen atoms in total. The number of carbonyl (C=O) groups is 1. The number of aldehydes is 1. The molecule has 4 heteroatoms. The molecule has 0 aromatic heterocycles. The van der Waals surface area contributed by atoms with Crippen LogP contribution in [0.3, 0.4) is 0 Å². The van der Waals surface area contributed by atoms with E-state index in [1.165, 1.54) is 0 Å². The second kappa shape index (κ2) is 5.33. The van der Waals surface area contributed by atoms with Crippen LogP contribution in [0.4, 0.5) is 5.69 Å². The molecule has 1 fully saturated rings. The summed E-state index contributed by atoms with van der Waals surface area (Å²) in [5.41, 5.74) is 1.76. The zero-order chi connectivity index (χ0) is 12.3. The Balaban J connectivity index is 2.11. The van der Waals surface area contributed by atoms with Crippen LogP contribution in [-0.2, 0) is 4.79 Å². The number of hydrogen-bond donors (Lipinski definition) is 0. The van der Waals surface area contributed by atoms with Gasteiger partial charge in [0, 0.05) is 29.2 Å². The lowest BCUT2D eigenvalue weighted by Crippen LogP contribution is -2.34. The summed E-state index contributed by atoms with van der Waals surface area (Å²) in [7, 11) is 0. The number of benzene rings is 1. The Morgan fingerprint density at radius 2 is 2.12 bits per heavy atom. The fourth-order valence-corrected chi connectivity index (χ4v) is 2.54. The van der Waals surface area contributed by atoms with Crippen molar-refractivity contribution in [2.75, 3.05) is 18.0 Å². The van der Waals surface area contributed by atoms with Gasteiger partial charge in [-0.05, 0) is 47.0 Å². The van der Waals surface area contributed by atoms with Gasteiger partial charge in [-0.15, -0.1) is 0 Å². The highest BCUT2D eigenvalue weighted by atomic mass is 79.9. The first-order chi connectivity index (χ1) is 8.24. The molecule has 0 unspecified atom stereocenters. The SMILES string of the molecule is N#Cc1ccc(N2CCC(C=O)CC2)cc1Br. The van der Waals surface area contributed by atoms with Crippen molar-refractivity contribution in [3.05, 3.63) is 28.2 Å². The van der Waals surface area contributed by atoms with Gasteiger partial charge in [0.1, 0.15) is 12.4 Å². The molecule has 1 aromatic carbocycles. The van der Waals surface area contributed by atoms with E-state index in [0.29, 0.717) is 5.56 Å². The third-order valence-corrected chi connectivity index (χ3v) is 3.83. The van der Waals surface area contributed by atoms with Crippen LogP contribution in [0.5, 0.6) is 0 Å². The molecule has 0 N–H and O–H groups in total. The molecule has 0 radical (unpaired) electrons. The number of nitriles is 1. The Hall–Kier alpha value is -1.34. The summed E-state index contributed by atoms with van der Waals surface area (Å²) in [4.78, 5) is 12.9. The van der Waals surface area contributed by atoms with Crippen LogP contribution in [-0.4, -0.2) is 19.4 Å². The molecule has 0 atom stereocenters. The summed E-state index contributed by atoms with van der Waals surface area (Å²) in [5, 5.41) is 8.85. The van der Waals surface area contributed by atoms with Gasteiger partial charge in [0.25, 0.3) is 0 Å². The highest BCUT2D eigenvalue weighted by Crippen LogP contribution is 2.27. The van der Waals surface area contributed by atoms with Crippen LogP contribution in [0.25, 0.3) is 0 Å². The van der Waals surface area contributed by atoms with Gasteiger partial charge in [0.05, 0.1) is 5.56 Å². The molecule has 88 valence electrons. The van der Waals surface area contributed by atoms with E-state index in [9.17, 15) is 4.79 Å². The van der Waals surface area contributed by atoms with Gasteiger partial charge in [-0.2, -0.15) is 5.26 Å². The van der Waals surface area contributed by atoms with Crippen LogP contribution in [0, 0.1) is 17.2 Å². The Morgan fingerprint density at radius 1 is 1.41 bits per heavy atom. The largest absolute Gasteiger partial charge is 0.371 e. The van der Waals surface area contributed by atoms with Gasteiger partial charge in [0.2, 0.25) is 0 Å². The van der Waals surface area contributed by atoms with Crippen molar-refractivity contribution < 1.29 is 4.79 Å². The molecular weight excluding hydrogens is 280 g/mol. The van der Waals surface area contributed by atoms with Gasteiger partial charge in [-0.1, -0.05) is 0 Å². The van der Waals surface area contributed by atoms with Crippen LogP contribution >= 0.6 is 15.9 Å². The fourth-order valence-electron chi connectivity index (χ4n) is 2.09. The van der Waals surface area contributed by atoms with Gasteiger partial charge in [0.15, 0.2) is 0 Å². The quantitative estimate of drug-likeness (QED) is 0.788. The molecule has 1 aliphatic heterocycles. The number of nitrogens with zero attached hydrogens (tertiary/aromatic N) is 2. The molecule has 1 saturated heterocycles. The van der Waals surface area contributed by atoms with Crippen molar-refractivity contribution in [1.82, 2.24) is 0 Å². The van der Waals surface area contributed by atoms with Gasteiger partial charge < -0.3 is 9.69 Å². The van der Waals surface area contributed by atoms with Crippen LogP contribution in [0.2, 0.25) is 0 Å². The highest BCUT2D eigenvalue weighted by Gasteiger charge is 2.19. The summed E-state index contributed by atoms with van der Waals surface area (Å²) < 4.78 is 0.829. The lowest BCUT2D eigenvalue weighted by Gasteiger charge is -2.31. The van der Waals surface area contributed by atoms with Crippen LogP contribution < -0.4 is 4.90 Å². The van der Waals surface area contributed by atoms with E-state index < -0.39 is 0 Å². The van der Waals surface area contributed by atoms with Crippen molar-refractivity contribution in [2.45, 2.75) is 12.8 Å². The zero-order valence-corrected chi connectivity index (χ0v) is 11.0. The minimum absolute atomic E-state index is 0.216. The number of carbonyl (C=O) groups excluding carboxylic acids is 1. The third kappa shape index (κ3) is 2.67. The van der Waals surface area contributed by atoms with Crippen molar-refractivity contribution in [3.63, 3.8) is 0 Å². The lowest BCUT2D eigenvalue weighted by atomic mass is 9.98. The van der Waals surface area contributed by atoms with E-state index in [2.05, 4.69) is 26.9 Å². The van der Waals surface area contributed by atoms with E-state index in [1.807, 2.05) is 18.2 Å².